The quantitative estimate of drug-likeness (QED) is 0.813. The van der Waals surface area contributed by atoms with Crippen molar-refractivity contribution in [1.82, 2.24) is 15.1 Å². The van der Waals surface area contributed by atoms with Crippen molar-refractivity contribution in [3.8, 4) is 0 Å². The topological polar surface area (TPSA) is 52.7 Å². The van der Waals surface area contributed by atoms with Gasteiger partial charge in [-0.1, -0.05) is 54.6 Å². The van der Waals surface area contributed by atoms with Crippen molar-refractivity contribution in [3.05, 3.63) is 95.5 Å². The zero-order valence-electron chi connectivity index (χ0n) is 15.3. The minimum absolute atomic E-state index is 0.193. The molecule has 0 aliphatic carbocycles. The van der Waals surface area contributed by atoms with Crippen molar-refractivity contribution < 1.29 is 14.0 Å². The third-order valence-corrected chi connectivity index (χ3v) is 5.04. The maximum Gasteiger partial charge on any atom is 0.322 e. The lowest BCUT2D eigenvalue weighted by atomic mass is 9.95. The molecule has 0 saturated heterocycles. The highest BCUT2D eigenvalue weighted by Gasteiger charge is 2.44. The monoisotopic (exact) mass is 377 g/mol. The molecule has 28 heavy (non-hydrogen) atoms. The number of benzene rings is 2. The van der Waals surface area contributed by atoms with Gasteiger partial charge in [-0.15, -0.1) is 6.58 Å². The normalized spacial score (nSPS) is 19.0. The summed E-state index contributed by atoms with van der Waals surface area (Å²) in [7, 11) is 0. The van der Waals surface area contributed by atoms with Gasteiger partial charge in [0.05, 0.1) is 23.9 Å². The average Bonchev–Trinajstić information content (AvgIpc) is 3.01. The lowest BCUT2D eigenvalue weighted by Crippen LogP contribution is -2.47. The Bertz CT molecular complexity index is 971. The highest BCUT2D eigenvalue weighted by atomic mass is 19.1. The molecule has 0 radical (unpaired) electrons. The summed E-state index contributed by atoms with van der Waals surface area (Å²) in [6, 6.07) is 14.7. The van der Waals surface area contributed by atoms with E-state index in [4.69, 9.17) is 0 Å². The van der Waals surface area contributed by atoms with Gasteiger partial charge >= 0.3 is 6.03 Å². The van der Waals surface area contributed by atoms with Crippen LogP contribution >= 0.6 is 0 Å². The molecule has 1 N–H and O–H groups in total. The predicted molar refractivity (Wildman–Crippen MR) is 103 cm³/mol. The van der Waals surface area contributed by atoms with Crippen molar-refractivity contribution in [2.45, 2.75) is 12.6 Å². The van der Waals surface area contributed by atoms with Crippen molar-refractivity contribution in [3.63, 3.8) is 0 Å². The van der Waals surface area contributed by atoms with Crippen LogP contribution in [-0.2, 0) is 11.3 Å². The number of carbonyl (C=O) groups excluding carboxylic acids is 2. The van der Waals surface area contributed by atoms with Crippen LogP contribution in [0.5, 0.6) is 0 Å². The Kier molecular flexibility index (Phi) is 4.69. The Labute approximate surface area is 162 Å². The van der Waals surface area contributed by atoms with E-state index in [1.807, 2.05) is 30.3 Å². The van der Waals surface area contributed by atoms with E-state index < -0.39 is 11.9 Å². The van der Waals surface area contributed by atoms with Crippen molar-refractivity contribution in [1.29, 1.82) is 0 Å². The van der Waals surface area contributed by atoms with Crippen molar-refractivity contribution >= 4 is 11.9 Å². The number of rotatable bonds is 5. The lowest BCUT2D eigenvalue weighted by molar-refractivity contribution is -0.126. The predicted octanol–water partition coefficient (Wildman–Crippen LogP) is 3.37. The summed E-state index contributed by atoms with van der Waals surface area (Å²) in [6.45, 7) is 4.70. The number of urea groups is 1. The van der Waals surface area contributed by atoms with Crippen LogP contribution in [0.4, 0.5) is 9.18 Å². The first-order valence-electron chi connectivity index (χ1n) is 9.09. The van der Waals surface area contributed by atoms with E-state index in [-0.39, 0.29) is 24.0 Å². The van der Waals surface area contributed by atoms with Gasteiger partial charge in [0.2, 0.25) is 0 Å². The SMILES string of the molecule is C=CCN1C(=O)N[C@@H](c2ccccc2F)C2=C1CN(Cc1ccccc1)C2=O. The molecule has 3 amide bonds. The number of nitrogens with zero attached hydrogens (tertiary/aromatic N) is 2. The van der Waals surface area contributed by atoms with E-state index in [1.165, 1.54) is 11.0 Å². The first-order valence-corrected chi connectivity index (χ1v) is 9.09. The van der Waals surface area contributed by atoms with Gasteiger partial charge in [-0.25, -0.2) is 9.18 Å². The number of nitrogens with one attached hydrogen (secondary N) is 1. The second kappa shape index (κ2) is 7.31. The zero-order chi connectivity index (χ0) is 19.7. The number of carbonyl (C=O) groups is 2. The summed E-state index contributed by atoms with van der Waals surface area (Å²) in [5.74, 6) is -0.646. The van der Waals surface area contributed by atoms with Gasteiger partial charge in [0.25, 0.3) is 5.91 Å². The van der Waals surface area contributed by atoms with Gasteiger partial charge in [-0.05, 0) is 11.6 Å². The molecule has 0 spiro atoms. The van der Waals surface area contributed by atoms with E-state index >= 15 is 0 Å². The molecule has 0 aromatic heterocycles. The van der Waals surface area contributed by atoms with E-state index in [0.29, 0.717) is 24.4 Å². The maximum atomic E-state index is 14.4. The van der Waals surface area contributed by atoms with Gasteiger partial charge in [0.1, 0.15) is 5.82 Å². The first-order chi connectivity index (χ1) is 13.6. The molecule has 0 fully saturated rings. The maximum absolute atomic E-state index is 14.4. The summed E-state index contributed by atoms with van der Waals surface area (Å²) in [4.78, 5) is 29.1. The van der Waals surface area contributed by atoms with Crippen molar-refractivity contribution in [2.75, 3.05) is 13.1 Å². The van der Waals surface area contributed by atoms with Crippen LogP contribution in [0.3, 0.4) is 0 Å². The number of hydrogen-bond acceptors (Lipinski definition) is 2. The average molecular weight is 377 g/mol. The molecule has 5 nitrogen and oxygen atoms in total. The molecule has 2 aromatic carbocycles. The minimum atomic E-state index is -0.807. The van der Waals surface area contributed by atoms with E-state index in [2.05, 4.69) is 11.9 Å². The molecular formula is C22H20FN3O2. The first kappa shape index (κ1) is 18.0. The largest absolute Gasteiger partial charge is 0.329 e. The molecule has 6 heteroatoms. The molecule has 1 atom stereocenters. The molecule has 4 rings (SSSR count). The molecule has 0 saturated carbocycles. The molecule has 2 aliphatic rings. The Morgan fingerprint density at radius 2 is 1.82 bits per heavy atom. The summed E-state index contributed by atoms with van der Waals surface area (Å²) in [5, 5.41) is 2.79. The standard InChI is InChI=1S/C22H20FN3O2/c1-2-12-26-18-14-25(13-15-8-4-3-5-9-15)21(27)19(18)20(24-22(26)28)16-10-6-7-11-17(16)23/h2-11,20H,1,12-14H2,(H,24,28)/t20-/m0/s1. The molecule has 2 heterocycles. The molecule has 2 aromatic rings. The summed E-state index contributed by atoms with van der Waals surface area (Å²) < 4.78 is 14.4. The third kappa shape index (κ3) is 3.07. The fraction of sp³-hybridized carbons (Fsp3) is 0.182. The van der Waals surface area contributed by atoms with Gasteiger partial charge in [-0.3, -0.25) is 9.69 Å². The Hall–Kier alpha value is -3.41. The summed E-state index contributed by atoms with van der Waals surface area (Å²) >= 11 is 0. The van der Waals surface area contributed by atoms with Crippen LogP contribution in [0.2, 0.25) is 0 Å². The van der Waals surface area contributed by atoms with Crippen LogP contribution in [-0.4, -0.2) is 34.8 Å². The molecule has 0 unspecified atom stereocenters. The van der Waals surface area contributed by atoms with Gasteiger partial charge in [0, 0.05) is 18.7 Å². The van der Waals surface area contributed by atoms with Crippen molar-refractivity contribution in [2.24, 2.45) is 0 Å². The van der Waals surface area contributed by atoms with Gasteiger partial charge < -0.3 is 10.2 Å². The molecule has 0 bridgehead atoms. The summed E-state index contributed by atoms with van der Waals surface area (Å²) in [5.41, 5.74) is 2.31. The Morgan fingerprint density at radius 1 is 1.11 bits per heavy atom. The van der Waals surface area contributed by atoms with Gasteiger partial charge in [-0.2, -0.15) is 0 Å². The van der Waals surface area contributed by atoms with Crippen LogP contribution in [0.15, 0.2) is 78.5 Å². The second-order valence-corrected chi connectivity index (χ2v) is 6.81. The highest BCUT2D eigenvalue weighted by molar-refractivity contribution is 6.01. The van der Waals surface area contributed by atoms with Gasteiger partial charge in [0.15, 0.2) is 0 Å². The lowest BCUT2D eigenvalue weighted by Gasteiger charge is -2.33. The molecule has 2 aliphatic heterocycles. The highest BCUT2D eigenvalue weighted by Crippen LogP contribution is 2.37. The van der Waals surface area contributed by atoms with Crippen LogP contribution in [0.1, 0.15) is 17.2 Å². The molecular weight excluding hydrogens is 357 g/mol. The Morgan fingerprint density at radius 3 is 2.54 bits per heavy atom. The van der Waals surface area contributed by atoms with E-state index in [9.17, 15) is 14.0 Å². The fourth-order valence-corrected chi connectivity index (χ4v) is 3.74. The van der Waals surface area contributed by atoms with Crippen LogP contribution in [0.25, 0.3) is 0 Å². The number of halogens is 1. The number of amides is 3. The minimum Gasteiger partial charge on any atom is -0.329 e. The summed E-state index contributed by atoms with van der Waals surface area (Å²) in [6.07, 6.45) is 1.61. The van der Waals surface area contributed by atoms with E-state index in [0.717, 1.165) is 5.56 Å². The molecule has 142 valence electrons. The Balaban J connectivity index is 1.73. The zero-order valence-corrected chi connectivity index (χ0v) is 15.3. The number of hydrogen-bond donors (Lipinski definition) is 1. The fourth-order valence-electron chi connectivity index (χ4n) is 3.74. The second-order valence-electron chi connectivity index (χ2n) is 6.81. The third-order valence-electron chi connectivity index (χ3n) is 5.04. The smallest absolute Gasteiger partial charge is 0.322 e. The van der Waals surface area contributed by atoms with E-state index in [1.54, 1.807) is 29.2 Å². The van der Waals surface area contributed by atoms with Crippen LogP contribution < -0.4 is 5.32 Å². The van der Waals surface area contributed by atoms with Crippen LogP contribution in [0, 0.1) is 5.82 Å².